The van der Waals surface area contributed by atoms with Crippen molar-refractivity contribution in [3.05, 3.63) is 36.3 Å². The van der Waals surface area contributed by atoms with E-state index >= 15 is 0 Å². The van der Waals surface area contributed by atoms with Gasteiger partial charge in [-0.05, 0) is 79.9 Å². The van der Waals surface area contributed by atoms with E-state index in [1.807, 2.05) is 11.9 Å². The number of carbonyl (C=O) groups is 2. The lowest BCUT2D eigenvalue weighted by Crippen LogP contribution is -2.60. The average Bonchev–Trinajstić information content (AvgIpc) is 3.34. The molecule has 1 aliphatic heterocycles. The van der Waals surface area contributed by atoms with E-state index in [4.69, 9.17) is 4.42 Å². The topological polar surface area (TPSA) is 62.6 Å². The Kier molecular flexibility index (Phi) is 4.24. The summed E-state index contributed by atoms with van der Waals surface area (Å²) < 4.78 is 5.30. The summed E-state index contributed by atoms with van der Waals surface area (Å²) in [5.74, 6) is 2.39. The van der Waals surface area contributed by atoms with Crippen molar-refractivity contribution < 1.29 is 14.0 Å². The van der Waals surface area contributed by atoms with Crippen molar-refractivity contribution in [2.45, 2.75) is 64.5 Å². The first kappa shape index (κ1) is 19.0. The van der Waals surface area contributed by atoms with E-state index < -0.39 is 0 Å². The largest absolute Gasteiger partial charge is 0.459 e. The SMILES string of the molecule is CN1C(=O)C=C[C@]2(C)[C@H]3CC[C@]4(C)[C@@H](NC(=O)c5ccco5)CC[C@H]4[C@@H]3CC[C@@H]12. The molecule has 0 bridgehead atoms. The average molecular weight is 397 g/mol. The van der Waals surface area contributed by atoms with Gasteiger partial charge in [-0.1, -0.05) is 19.9 Å². The van der Waals surface area contributed by atoms with Gasteiger partial charge in [0.2, 0.25) is 5.91 Å². The van der Waals surface area contributed by atoms with Crippen molar-refractivity contribution >= 4 is 11.8 Å². The summed E-state index contributed by atoms with van der Waals surface area (Å²) in [7, 11) is 1.97. The van der Waals surface area contributed by atoms with Gasteiger partial charge < -0.3 is 14.6 Å². The summed E-state index contributed by atoms with van der Waals surface area (Å²) in [6, 6.07) is 4.03. The van der Waals surface area contributed by atoms with Crippen LogP contribution in [0.25, 0.3) is 0 Å². The smallest absolute Gasteiger partial charge is 0.287 e. The molecule has 5 heteroatoms. The van der Waals surface area contributed by atoms with Gasteiger partial charge >= 0.3 is 0 Å². The predicted molar refractivity (Wildman–Crippen MR) is 110 cm³/mol. The number of hydrogen-bond acceptors (Lipinski definition) is 3. The van der Waals surface area contributed by atoms with Gasteiger partial charge in [0.15, 0.2) is 5.76 Å². The Bertz CT molecular complexity index is 846. The lowest BCUT2D eigenvalue weighted by Gasteiger charge is -2.60. The standard InChI is InChI=1S/C24H32N2O3/c1-23-12-10-17-15(6-9-20-24(17,2)13-11-21(27)26(20)3)16(23)7-8-19(23)25-22(28)18-5-4-14-29-18/h4-5,11,13-17,19-20H,6-10,12H2,1-3H3,(H,25,28)/t15-,16-,17-,19-,20+,23-,24+/m0/s1. The molecule has 1 aromatic heterocycles. The molecule has 1 N–H and O–H groups in total. The summed E-state index contributed by atoms with van der Waals surface area (Å²) in [5.41, 5.74) is 0.217. The fourth-order valence-electron chi connectivity index (χ4n) is 7.61. The quantitative estimate of drug-likeness (QED) is 0.821. The van der Waals surface area contributed by atoms with Crippen LogP contribution in [0.2, 0.25) is 0 Å². The summed E-state index contributed by atoms with van der Waals surface area (Å²) in [6.45, 7) is 4.77. The van der Waals surface area contributed by atoms with Crippen molar-refractivity contribution in [2.75, 3.05) is 7.05 Å². The van der Waals surface area contributed by atoms with Crippen LogP contribution in [0, 0.1) is 28.6 Å². The van der Waals surface area contributed by atoms with E-state index in [1.165, 1.54) is 19.3 Å². The Morgan fingerprint density at radius 1 is 1.17 bits per heavy atom. The Balaban J connectivity index is 1.38. The summed E-state index contributed by atoms with van der Waals surface area (Å²) in [4.78, 5) is 26.8. The van der Waals surface area contributed by atoms with Gasteiger partial charge in [0.25, 0.3) is 5.91 Å². The molecule has 3 saturated carbocycles. The van der Waals surface area contributed by atoms with Gasteiger partial charge in [0.1, 0.15) is 0 Å². The predicted octanol–water partition coefficient (Wildman–Crippen LogP) is 4.02. The van der Waals surface area contributed by atoms with Crippen molar-refractivity contribution in [3.63, 3.8) is 0 Å². The van der Waals surface area contributed by atoms with Gasteiger partial charge in [-0.15, -0.1) is 0 Å². The highest BCUT2D eigenvalue weighted by atomic mass is 16.3. The minimum absolute atomic E-state index is 0.0718. The van der Waals surface area contributed by atoms with E-state index in [9.17, 15) is 9.59 Å². The van der Waals surface area contributed by atoms with Gasteiger partial charge in [-0.3, -0.25) is 9.59 Å². The fourth-order valence-corrected chi connectivity index (χ4v) is 7.61. The molecule has 0 unspecified atom stereocenters. The van der Waals surface area contributed by atoms with E-state index in [0.29, 0.717) is 29.6 Å². The second-order valence-electron chi connectivity index (χ2n) is 10.2. The summed E-state index contributed by atoms with van der Waals surface area (Å²) in [6.07, 6.45) is 12.4. The zero-order chi connectivity index (χ0) is 20.4. The van der Waals surface area contributed by atoms with Gasteiger partial charge in [-0.25, -0.2) is 0 Å². The van der Waals surface area contributed by atoms with Crippen molar-refractivity contribution in [2.24, 2.45) is 28.6 Å². The van der Waals surface area contributed by atoms with Gasteiger partial charge in [0, 0.05) is 24.5 Å². The number of hydrogen-bond donors (Lipinski definition) is 1. The number of fused-ring (bicyclic) bond motifs is 5. The van der Waals surface area contributed by atoms with Gasteiger partial charge in [-0.2, -0.15) is 0 Å². The normalized spacial score (nSPS) is 43.5. The second-order valence-corrected chi connectivity index (χ2v) is 10.2. The van der Waals surface area contributed by atoms with Crippen LogP contribution in [0.1, 0.15) is 62.9 Å². The lowest BCUT2D eigenvalue weighted by molar-refractivity contribution is -0.138. The molecule has 3 fully saturated rings. The molecular formula is C24H32N2O3. The summed E-state index contributed by atoms with van der Waals surface area (Å²) >= 11 is 0. The zero-order valence-corrected chi connectivity index (χ0v) is 17.7. The third-order valence-corrected chi connectivity index (χ3v) is 9.18. The third kappa shape index (κ3) is 2.65. The molecule has 5 rings (SSSR count). The van der Waals surface area contributed by atoms with Crippen LogP contribution >= 0.6 is 0 Å². The van der Waals surface area contributed by atoms with Crippen LogP contribution in [0.3, 0.4) is 0 Å². The maximum atomic E-state index is 12.6. The van der Waals surface area contributed by atoms with E-state index in [1.54, 1.807) is 24.5 Å². The Hall–Kier alpha value is -2.04. The zero-order valence-electron chi connectivity index (χ0n) is 17.7. The number of furan rings is 1. The minimum atomic E-state index is -0.0879. The maximum Gasteiger partial charge on any atom is 0.287 e. The highest BCUT2D eigenvalue weighted by Crippen LogP contribution is 2.63. The van der Waals surface area contributed by atoms with Crippen LogP contribution in [0.15, 0.2) is 35.0 Å². The first-order valence-electron chi connectivity index (χ1n) is 11.1. The second kappa shape index (κ2) is 6.48. The Morgan fingerprint density at radius 3 is 2.76 bits per heavy atom. The Labute approximate surface area is 172 Å². The molecule has 0 radical (unpaired) electrons. The third-order valence-electron chi connectivity index (χ3n) is 9.18. The molecule has 2 amide bonds. The fraction of sp³-hybridized carbons (Fsp3) is 0.667. The van der Waals surface area contributed by atoms with Crippen LogP contribution in [-0.4, -0.2) is 35.8 Å². The first-order chi connectivity index (χ1) is 13.8. The van der Waals surface area contributed by atoms with Gasteiger partial charge in [0.05, 0.1) is 6.26 Å². The molecule has 2 heterocycles. The molecule has 7 atom stereocenters. The first-order valence-corrected chi connectivity index (χ1v) is 11.1. The monoisotopic (exact) mass is 396 g/mol. The number of amides is 2. The van der Waals surface area contributed by atoms with Crippen LogP contribution < -0.4 is 5.32 Å². The number of likely N-dealkylation sites (N-methyl/N-ethyl adjacent to an activating group) is 1. The molecule has 0 saturated heterocycles. The Morgan fingerprint density at radius 2 is 2.00 bits per heavy atom. The molecule has 0 spiro atoms. The summed E-state index contributed by atoms with van der Waals surface area (Å²) in [5, 5.41) is 3.30. The lowest BCUT2D eigenvalue weighted by atomic mass is 9.48. The number of rotatable bonds is 2. The van der Waals surface area contributed by atoms with Crippen molar-refractivity contribution in [1.29, 1.82) is 0 Å². The highest BCUT2D eigenvalue weighted by molar-refractivity contribution is 5.91. The highest BCUT2D eigenvalue weighted by Gasteiger charge is 2.60. The number of nitrogens with zero attached hydrogens (tertiary/aromatic N) is 1. The van der Waals surface area contributed by atoms with Crippen LogP contribution in [0.5, 0.6) is 0 Å². The van der Waals surface area contributed by atoms with Crippen molar-refractivity contribution in [1.82, 2.24) is 10.2 Å². The maximum absolute atomic E-state index is 12.6. The van der Waals surface area contributed by atoms with E-state index in [0.717, 1.165) is 19.3 Å². The van der Waals surface area contributed by atoms with Crippen molar-refractivity contribution in [3.8, 4) is 0 Å². The van der Waals surface area contributed by atoms with E-state index in [2.05, 4.69) is 25.2 Å². The molecule has 1 aromatic rings. The number of carbonyl (C=O) groups excluding carboxylic acids is 2. The van der Waals surface area contributed by atoms with E-state index in [-0.39, 0.29) is 28.7 Å². The molecule has 3 aliphatic carbocycles. The molecule has 0 aromatic carbocycles. The molecule has 4 aliphatic rings. The minimum Gasteiger partial charge on any atom is -0.459 e. The molecule has 29 heavy (non-hydrogen) atoms. The molecule has 156 valence electrons. The van der Waals surface area contributed by atoms with Crippen LogP contribution in [-0.2, 0) is 4.79 Å². The number of nitrogens with one attached hydrogen (secondary N) is 1. The molecular weight excluding hydrogens is 364 g/mol. The van der Waals surface area contributed by atoms with Crippen LogP contribution in [0.4, 0.5) is 0 Å². The molecule has 5 nitrogen and oxygen atoms in total.